The van der Waals surface area contributed by atoms with E-state index in [9.17, 15) is 10.2 Å². The molecule has 1 aromatic rings. The van der Waals surface area contributed by atoms with Gasteiger partial charge in [0.25, 0.3) is 0 Å². The van der Waals surface area contributed by atoms with E-state index in [-0.39, 0.29) is 5.92 Å². The van der Waals surface area contributed by atoms with Crippen LogP contribution in [0.3, 0.4) is 0 Å². The van der Waals surface area contributed by atoms with Gasteiger partial charge in [-0.3, -0.25) is 0 Å². The van der Waals surface area contributed by atoms with E-state index in [4.69, 9.17) is 0 Å². The van der Waals surface area contributed by atoms with Crippen molar-refractivity contribution in [2.45, 2.75) is 26.1 Å². The standard InChI is InChI=1S/C8H13NO2S/c1-5(2)7(10)8(11)6-3-4-12-9-6/h3-5,7-8,10-11H,1-2H3. The molecule has 0 amide bonds. The van der Waals surface area contributed by atoms with E-state index in [0.717, 1.165) is 0 Å². The summed E-state index contributed by atoms with van der Waals surface area (Å²) in [5, 5.41) is 20.8. The first-order valence-corrected chi connectivity index (χ1v) is 4.73. The number of aliphatic hydroxyl groups is 2. The van der Waals surface area contributed by atoms with Gasteiger partial charge >= 0.3 is 0 Å². The summed E-state index contributed by atoms with van der Waals surface area (Å²) in [6, 6.07) is 1.72. The maximum Gasteiger partial charge on any atom is 0.123 e. The molecule has 12 heavy (non-hydrogen) atoms. The third kappa shape index (κ3) is 2.03. The molecule has 4 heteroatoms. The molecular formula is C8H13NO2S. The average Bonchev–Trinajstić information content (AvgIpc) is 2.53. The lowest BCUT2D eigenvalue weighted by Gasteiger charge is -2.18. The summed E-state index contributed by atoms with van der Waals surface area (Å²) in [7, 11) is 0. The molecule has 0 aliphatic carbocycles. The smallest absolute Gasteiger partial charge is 0.123 e. The topological polar surface area (TPSA) is 53.4 Å². The maximum atomic E-state index is 9.54. The molecule has 2 unspecified atom stereocenters. The fraction of sp³-hybridized carbons (Fsp3) is 0.625. The lowest BCUT2D eigenvalue weighted by atomic mass is 10.00. The van der Waals surface area contributed by atoms with Crippen molar-refractivity contribution in [3.8, 4) is 0 Å². The largest absolute Gasteiger partial charge is 0.390 e. The molecule has 0 aliphatic heterocycles. The van der Waals surface area contributed by atoms with Crippen LogP contribution < -0.4 is 0 Å². The molecule has 3 nitrogen and oxygen atoms in total. The third-order valence-corrected chi connectivity index (χ3v) is 2.34. The van der Waals surface area contributed by atoms with Gasteiger partial charge in [0.05, 0.1) is 11.8 Å². The van der Waals surface area contributed by atoms with Crippen molar-refractivity contribution in [3.63, 3.8) is 0 Å². The second-order valence-corrected chi connectivity index (χ2v) is 3.77. The summed E-state index contributed by atoms with van der Waals surface area (Å²) in [6.07, 6.45) is -1.58. The van der Waals surface area contributed by atoms with Gasteiger partial charge in [-0.2, -0.15) is 4.37 Å². The molecule has 0 aliphatic rings. The van der Waals surface area contributed by atoms with Gasteiger partial charge in [0.15, 0.2) is 0 Å². The number of hydrogen-bond donors (Lipinski definition) is 2. The Kier molecular flexibility index (Phi) is 3.20. The van der Waals surface area contributed by atoms with Crippen LogP contribution >= 0.6 is 11.5 Å². The molecule has 0 fully saturated rings. The summed E-state index contributed by atoms with van der Waals surface area (Å²) in [5.74, 6) is 0.0432. The highest BCUT2D eigenvalue weighted by molar-refractivity contribution is 7.03. The average molecular weight is 187 g/mol. The number of hydrogen-bond acceptors (Lipinski definition) is 4. The van der Waals surface area contributed by atoms with Crippen LogP contribution in [0, 0.1) is 5.92 Å². The zero-order valence-corrected chi connectivity index (χ0v) is 7.95. The van der Waals surface area contributed by atoms with Crippen molar-refractivity contribution in [2.75, 3.05) is 0 Å². The normalized spacial score (nSPS) is 16.4. The Morgan fingerprint density at radius 1 is 1.42 bits per heavy atom. The minimum atomic E-state index is -0.851. The van der Waals surface area contributed by atoms with Crippen molar-refractivity contribution >= 4 is 11.5 Å². The Balaban J connectivity index is 2.65. The van der Waals surface area contributed by atoms with Crippen LogP contribution in [0.4, 0.5) is 0 Å². The zero-order chi connectivity index (χ0) is 9.14. The SMILES string of the molecule is CC(C)C(O)C(O)c1ccsn1. The predicted molar refractivity (Wildman–Crippen MR) is 47.9 cm³/mol. The number of aliphatic hydroxyl groups excluding tert-OH is 2. The first kappa shape index (κ1) is 9.64. The summed E-state index contributed by atoms with van der Waals surface area (Å²) in [4.78, 5) is 0. The molecule has 2 N–H and O–H groups in total. The van der Waals surface area contributed by atoms with Gasteiger partial charge in [0.2, 0.25) is 0 Å². The van der Waals surface area contributed by atoms with E-state index in [2.05, 4.69) is 4.37 Å². The van der Waals surface area contributed by atoms with Gasteiger partial charge < -0.3 is 10.2 Å². The summed E-state index contributed by atoms with van der Waals surface area (Å²) in [6.45, 7) is 3.72. The zero-order valence-electron chi connectivity index (χ0n) is 7.14. The van der Waals surface area contributed by atoms with Crippen molar-refractivity contribution in [1.82, 2.24) is 4.37 Å². The molecule has 1 heterocycles. The fourth-order valence-electron chi connectivity index (χ4n) is 0.914. The van der Waals surface area contributed by atoms with Crippen molar-refractivity contribution in [1.29, 1.82) is 0 Å². The van der Waals surface area contributed by atoms with Crippen LogP contribution in [0.5, 0.6) is 0 Å². The van der Waals surface area contributed by atoms with Crippen LogP contribution in [-0.2, 0) is 0 Å². The van der Waals surface area contributed by atoms with E-state index >= 15 is 0 Å². The highest BCUT2D eigenvalue weighted by Gasteiger charge is 2.22. The van der Waals surface area contributed by atoms with Crippen LogP contribution in [0.15, 0.2) is 11.4 Å². The van der Waals surface area contributed by atoms with Gasteiger partial charge in [-0.25, -0.2) is 0 Å². The van der Waals surface area contributed by atoms with E-state index in [1.54, 1.807) is 11.4 Å². The Labute approximate surface area is 75.8 Å². The number of nitrogens with zero attached hydrogens (tertiary/aromatic N) is 1. The van der Waals surface area contributed by atoms with Crippen LogP contribution in [0.25, 0.3) is 0 Å². The molecule has 0 saturated carbocycles. The molecule has 1 rings (SSSR count). The molecule has 0 spiro atoms. The quantitative estimate of drug-likeness (QED) is 0.747. The van der Waals surface area contributed by atoms with E-state index in [0.29, 0.717) is 5.69 Å². The molecule has 68 valence electrons. The number of aromatic nitrogens is 1. The van der Waals surface area contributed by atoms with Gasteiger partial charge in [-0.15, -0.1) is 0 Å². The first-order valence-electron chi connectivity index (χ1n) is 3.89. The molecular weight excluding hydrogens is 174 g/mol. The Hall–Kier alpha value is -0.450. The first-order chi connectivity index (χ1) is 5.63. The van der Waals surface area contributed by atoms with Crippen molar-refractivity contribution < 1.29 is 10.2 Å². The van der Waals surface area contributed by atoms with E-state index in [1.807, 2.05) is 13.8 Å². The van der Waals surface area contributed by atoms with Crippen LogP contribution in [-0.4, -0.2) is 20.7 Å². The Morgan fingerprint density at radius 2 is 2.08 bits per heavy atom. The Bertz CT molecular complexity index is 223. The van der Waals surface area contributed by atoms with Gasteiger partial charge in [0.1, 0.15) is 6.10 Å². The summed E-state index contributed by atoms with van der Waals surface area (Å²) in [5.41, 5.74) is 0.557. The summed E-state index contributed by atoms with van der Waals surface area (Å²) >= 11 is 1.28. The highest BCUT2D eigenvalue weighted by atomic mass is 32.1. The summed E-state index contributed by atoms with van der Waals surface area (Å²) < 4.78 is 3.95. The predicted octanol–water partition coefficient (Wildman–Crippen LogP) is 1.19. The molecule has 0 saturated heterocycles. The van der Waals surface area contributed by atoms with Crippen LogP contribution in [0.1, 0.15) is 25.6 Å². The second-order valence-electron chi connectivity index (χ2n) is 3.10. The van der Waals surface area contributed by atoms with E-state index in [1.165, 1.54) is 11.5 Å². The van der Waals surface area contributed by atoms with Gasteiger partial charge in [0, 0.05) is 5.38 Å². The number of rotatable bonds is 3. The lowest BCUT2D eigenvalue weighted by molar-refractivity contribution is -0.0112. The van der Waals surface area contributed by atoms with Crippen molar-refractivity contribution in [2.24, 2.45) is 5.92 Å². The molecule has 0 aromatic carbocycles. The molecule has 0 bridgehead atoms. The minimum Gasteiger partial charge on any atom is -0.390 e. The van der Waals surface area contributed by atoms with Crippen molar-refractivity contribution in [3.05, 3.63) is 17.1 Å². The molecule has 1 aromatic heterocycles. The highest BCUT2D eigenvalue weighted by Crippen LogP contribution is 2.20. The maximum absolute atomic E-state index is 9.54. The monoisotopic (exact) mass is 187 g/mol. The minimum absolute atomic E-state index is 0.0432. The lowest BCUT2D eigenvalue weighted by Crippen LogP contribution is -2.24. The third-order valence-electron chi connectivity index (χ3n) is 1.77. The van der Waals surface area contributed by atoms with Gasteiger partial charge in [-0.05, 0) is 23.5 Å². The Morgan fingerprint density at radius 3 is 2.50 bits per heavy atom. The van der Waals surface area contributed by atoms with Crippen LogP contribution in [0.2, 0.25) is 0 Å². The molecule has 2 atom stereocenters. The fourth-order valence-corrected chi connectivity index (χ4v) is 1.47. The van der Waals surface area contributed by atoms with E-state index < -0.39 is 12.2 Å². The second kappa shape index (κ2) is 3.98. The molecule has 0 radical (unpaired) electrons. The van der Waals surface area contributed by atoms with Gasteiger partial charge in [-0.1, -0.05) is 13.8 Å².